The van der Waals surface area contributed by atoms with Crippen LogP contribution in [-0.2, 0) is 0 Å². The highest BCUT2D eigenvalue weighted by Gasteiger charge is 2.39. The molecule has 0 atom stereocenters. The van der Waals surface area contributed by atoms with Crippen LogP contribution in [0.25, 0.3) is 0 Å². The molecule has 0 saturated carbocycles. The first kappa shape index (κ1) is 14.8. The zero-order chi connectivity index (χ0) is 14.1. The summed E-state index contributed by atoms with van der Waals surface area (Å²) in [4.78, 5) is 11.6. The fourth-order valence-corrected chi connectivity index (χ4v) is 2.40. The van der Waals surface area contributed by atoms with Gasteiger partial charge in [0.25, 0.3) is 8.32 Å². The van der Waals surface area contributed by atoms with Crippen molar-refractivity contribution in [2.75, 3.05) is 5.73 Å². The topological polar surface area (TPSA) is 52.3 Å². The number of benzene rings is 1. The molecule has 18 heavy (non-hydrogen) atoms. The molecule has 2 N–H and O–H groups in total. The Hall–Kier alpha value is -1.29. The molecule has 4 heteroatoms. The van der Waals surface area contributed by atoms with Crippen LogP contribution in [0.4, 0.5) is 5.69 Å². The van der Waals surface area contributed by atoms with E-state index in [4.69, 9.17) is 10.2 Å². The predicted octanol–water partition coefficient (Wildman–Crippen LogP) is 3.86. The van der Waals surface area contributed by atoms with Crippen LogP contribution in [-0.4, -0.2) is 14.1 Å². The number of carbonyl (C=O) groups is 1. The first-order valence-electron chi connectivity index (χ1n) is 6.15. The van der Waals surface area contributed by atoms with Crippen molar-refractivity contribution in [1.29, 1.82) is 0 Å². The maximum absolute atomic E-state index is 11.6. The monoisotopic (exact) mass is 265 g/mol. The molecule has 0 radical (unpaired) electrons. The largest absolute Gasteiger partial charge is 0.542 e. The second-order valence-corrected chi connectivity index (χ2v) is 10.9. The van der Waals surface area contributed by atoms with E-state index in [1.54, 1.807) is 18.2 Å². The van der Waals surface area contributed by atoms with Crippen molar-refractivity contribution < 1.29 is 9.22 Å². The van der Waals surface area contributed by atoms with E-state index >= 15 is 0 Å². The summed E-state index contributed by atoms with van der Waals surface area (Å²) in [6, 6.07) is 5.32. The van der Waals surface area contributed by atoms with E-state index in [1.807, 2.05) is 0 Å². The van der Waals surface area contributed by atoms with E-state index in [2.05, 4.69) is 33.9 Å². The van der Waals surface area contributed by atoms with E-state index in [0.717, 1.165) is 0 Å². The molecule has 1 aromatic rings. The third kappa shape index (κ3) is 2.93. The van der Waals surface area contributed by atoms with Gasteiger partial charge < -0.3 is 10.2 Å². The summed E-state index contributed by atoms with van der Waals surface area (Å²) in [6.45, 7) is 12.3. The summed E-state index contributed by atoms with van der Waals surface area (Å²) in [5.74, 6) is 0.535. The highest BCUT2D eigenvalue weighted by atomic mass is 28.4. The van der Waals surface area contributed by atoms with Gasteiger partial charge >= 0.3 is 0 Å². The number of carbonyl (C=O) groups excluding carboxylic acids is 1. The van der Waals surface area contributed by atoms with Gasteiger partial charge in [0, 0.05) is 0 Å². The second-order valence-electron chi connectivity index (χ2n) is 6.14. The highest BCUT2D eigenvalue weighted by Crippen LogP contribution is 2.40. The van der Waals surface area contributed by atoms with Gasteiger partial charge in [-0.1, -0.05) is 26.8 Å². The number of nitrogens with two attached hydrogens (primary N) is 1. The van der Waals surface area contributed by atoms with Crippen molar-refractivity contribution in [1.82, 2.24) is 0 Å². The number of para-hydroxylation sites is 1. The molecule has 0 amide bonds. The van der Waals surface area contributed by atoms with Crippen LogP contribution in [0.2, 0.25) is 18.1 Å². The van der Waals surface area contributed by atoms with Crippen LogP contribution in [0.3, 0.4) is 0 Å². The normalized spacial score (nSPS) is 12.3. The molecular formula is C14H23NO2Si. The van der Waals surface area contributed by atoms with Crippen molar-refractivity contribution >= 4 is 19.8 Å². The van der Waals surface area contributed by atoms with Crippen LogP contribution in [0, 0.1) is 0 Å². The summed E-state index contributed by atoms with van der Waals surface area (Å²) in [6.07, 6.45) is 0. The molecule has 0 unspecified atom stereocenters. The zero-order valence-corrected chi connectivity index (χ0v) is 13.1. The van der Waals surface area contributed by atoms with Gasteiger partial charge in [0.1, 0.15) is 5.75 Å². The maximum Gasteiger partial charge on any atom is 0.250 e. The van der Waals surface area contributed by atoms with Crippen LogP contribution in [0.1, 0.15) is 38.1 Å². The SMILES string of the molecule is CC(=O)c1cccc(N)c1O[Si](C)(C)C(C)(C)C. The number of anilines is 1. The first-order chi connectivity index (χ1) is 8.06. The number of hydrogen-bond acceptors (Lipinski definition) is 3. The van der Waals surface area contributed by atoms with Gasteiger partial charge in [-0.3, -0.25) is 4.79 Å². The minimum absolute atomic E-state index is 0.0176. The summed E-state index contributed by atoms with van der Waals surface area (Å²) in [5, 5.41) is 0.0728. The van der Waals surface area contributed by atoms with Crippen molar-refractivity contribution in [2.45, 2.75) is 45.8 Å². The molecule has 100 valence electrons. The van der Waals surface area contributed by atoms with E-state index in [-0.39, 0.29) is 10.8 Å². The average Bonchev–Trinajstić information content (AvgIpc) is 2.18. The van der Waals surface area contributed by atoms with E-state index in [9.17, 15) is 4.79 Å². The summed E-state index contributed by atoms with van der Waals surface area (Å²) < 4.78 is 6.18. The molecule has 3 nitrogen and oxygen atoms in total. The maximum atomic E-state index is 11.6. The molecule has 0 aliphatic carbocycles. The Labute approximate surface area is 110 Å². The molecule has 0 heterocycles. The standard InChI is InChI=1S/C14H23NO2Si/c1-10(16)11-8-7-9-12(15)13(11)17-18(5,6)14(2,3)4/h7-9H,15H2,1-6H3. The molecule has 0 spiro atoms. The molecule has 0 aliphatic heterocycles. The molecule has 1 rings (SSSR count). The van der Waals surface area contributed by atoms with Crippen molar-refractivity contribution in [3.63, 3.8) is 0 Å². The lowest BCUT2D eigenvalue weighted by molar-refractivity contribution is 0.101. The van der Waals surface area contributed by atoms with E-state index in [1.165, 1.54) is 6.92 Å². The van der Waals surface area contributed by atoms with Crippen molar-refractivity contribution in [3.8, 4) is 5.75 Å². The Morgan fingerprint density at radius 2 is 1.83 bits per heavy atom. The van der Waals surface area contributed by atoms with Gasteiger partial charge in [0.15, 0.2) is 5.78 Å². The van der Waals surface area contributed by atoms with Gasteiger partial charge in [-0.05, 0) is 37.2 Å². The van der Waals surface area contributed by atoms with Gasteiger partial charge in [0.05, 0.1) is 11.3 Å². The third-order valence-corrected chi connectivity index (χ3v) is 7.91. The summed E-state index contributed by atoms with van der Waals surface area (Å²) in [5.41, 5.74) is 7.06. The quantitative estimate of drug-likeness (QED) is 0.513. The van der Waals surface area contributed by atoms with Crippen LogP contribution >= 0.6 is 0 Å². The van der Waals surface area contributed by atoms with E-state index < -0.39 is 8.32 Å². The third-order valence-electron chi connectivity index (χ3n) is 3.59. The number of hydrogen-bond donors (Lipinski definition) is 1. The molecule has 0 bridgehead atoms. The van der Waals surface area contributed by atoms with Crippen LogP contribution in [0.15, 0.2) is 18.2 Å². The lowest BCUT2D eigenvalue weighted by Crippen LogP contribution is -2.44. The lowest BCUT2D eigenvalue weighted by Gasteiger charge is -2.37. The zero-order valence-electron chi connectivity index (χ0n) is 12.1. The summed E-state index contributed by atoms with van der Waals surface area (Å²) in [7, 11) is -1.99. The predicted molar refractivity (Wildman–Crippen MR) is 78.7 cm³/mol. The Balaban J connectivity index is 3.23. The Kier molecular flexibility index (Phi) is 3.91. The number of ketones is 1. The minimum atomic E-state index is -1.99. The second kappa shape index (κ2) is 4.76. The smallest absolute Gasteiger partial charge is 0.250 e. The fraction of sp³-hybridized carbons (Fsp3) is 0.500. The van der Waals surface area contributed by atoms with Crippen molar-refractivity contribution in [3.05, 3.63) is 23.8 Å². The van der Waals surface area contributed by atoms with Gasteiger partial charge in [-0.2, -0.15) is 0 Å². The fourth-order valence-electron chi connectivity index (χ4n) is 1.35. The minimum Gasteiger partial charge on any atom is -0.542 e. The molecule has 0 aliphatic rings. The van der Waals surface area contributed by atoms with Gasteiger partial charge in [-0.25, -0.2) is 0 Å². The van der Waals surface area contributed by atoms with Crippen molar-refractivity contribution in [2.24, 2.45) is 0 Å². The highest BCUT2D eigenvalue weighted by molar-refractivity contribution is 6.74. The van der Waals surface area contributed by atoms with E-state index in [0.29, 0.717) is 17.0 Å². The molecule has 0 fully saturated rings. The van der Waals surface area contributed by atoms with Gasteiger partial charge in [0.2, 0.25) is 0 Å². The first-order valence-corrected chi connectivity index (χ1v) is 9.05. The Morgan fingerprint density at radius 1 is 1.28 bits per heavy atom. The van der Waals surface area contributed by atoms with Crippen LogP contribution in [0.5, 0.6) is 5.75 Å². The number of rotatable bonds is 3. The number of nitrogen functional groups attached to an aromatic ring is 1. The lowest BCUT2D eigenvalue weighted by atomic mass is 10.1. The number of Topliss-reactive ketones (excluding diaryl/α,β-unsaturated/α-hetero) is 1. The molecule has 1 aromatic carbocycles. The van der Waals surface area contributed by atoms with Gasteiger partial charge in [-0.15, -0.1) is 0 Å². The van der Waals surface area contributed by atoms with Crippen LogP contribution < -0.4 is 10.2 Å². The average molecular weight is 265 g/mol. The summed E-state index contributed by atoms with van der Waals surface area (Å²) >= 11 is 0. The Morgan fingerprint density at radius 3 is 2.28 bits per heavy atom. The Bertz CT molecular complexity index is 461. The molecular weight excluding hydrogens is 242 g/mol. The molecule has 0 saturated heterocycles. The molecule has 0 aromatic heterocycles.